The summed E-state index contributed by atoms with van der Waals surface area (Å²) in [6.45, 7) is 8.25. The van der Waals surface area contributed by atoms with Gasteiger partial charge in [0.25, 0.3) is 0 Å². The number of aryl methyl sites for hydroxylation is 2. The molecule has 51 heavy (non-hydrogen) atoms. The van der Waals surface area contributed by atoms with Crippen molar-refractivity contribution in [3.05, 3.63) is 166 Å². The summed E-state index contributed by atoms with van der Waals surface area (Å²) in [5.41, 5.74) is 18.5. The summed E-state index contributed by atoms with van der Waals surface area (Å²) in [7, 11) is 0. The van der Waals surface area contributed by atoms with Crippen molar-refractivity contribution in [2.75, 3.05) is 0 Å². The largest absolute Gasteiger partial charge is 0.192 e. The number of hydrogen-bond acceptors (Lipinski definition) is 2. The molecule has 0 aliphatic carbocycles. The third kappa shape index (κ3) is 8.20. The minimum Gasteiger partial charge on any atom is -0.192 e. The van der Waals surface area contributed by atoms with Crippen molar-refractivity contribution in [1.82, 2.24) is 0 Å². The third-order valence-electron chi connectivity index (χ3n) is 10.7. The second-order valence-electron chi connectivity index (χ2n) is 13.9. The van der Waals surface area contributed by atoms with Gasteiger partial charge in [-0.3, -0.25) is 0 Å². The van der Waals surface area contributed by atoms with Crippen molar-refractivity contribution in [1.29, 1.82) is 10.5 Å². The first-order valence-corrected chi connectivity index (χ1v) is 18.3. The summed E-state index contributed by atoms with van der Waals surface area (Å²) in [5, 5.41) is 18.7. The molecule has 2 heteroatoms. The molecule has 0 atom stereocenters. The van der Waals surface area contributed by atoms with Crippen LogP contribution in [0.4, 0.5) is 0 Å². The lowest BCUT2D eigenvalue weighted by Gasteiger charge is -2.11. The van der Waals surface area contributed by atoms with E-state index in [0.29, 0.717) is 0 Å². The Balaban J connectivity index is 0.911. The summed E-state index contributed by atoms with van der Waals surface area (Å²) in [6, 6.07) is 48.2. The predicted molar refractivity (Wildman–Crippen MR) is 213 cm³/mol. The Kier molecular flexibility index (Phi) is 11.3. The Morgan fingerprint density at radius 3 is 0.961 bits per heavy atom. The SMILES string of the molecule is Cc1c(C#N)ccc(-c2ccc(-c3ccc(CCCCCCCc4ccc(-c5ccc(-c6ccc(C#N)c(C)c6C)cc5)cc4)cc3)cc2)c1C. The van der Waals surface area contributed by atoms with Crippen LogP contribution < -0.4 is 0 Å². The molecule has 252 valence electrons. The average Bonchev–Trinajstić information content (AvgIpc) is 3.17. The van der Waals surface area contributed by atoms with Gasteiger partial charge in [-0.1, -0.05) is 128 Å². The van der Waals surface area contributed by atoms with E-state index in [1.165, 1.54) is 98.9 Å². The highest BCUT2D eigenvalue weighted by atomic mass is 14.3. The quantitative estimate of drug-likeness (QED) is 0.122. The van der Waals surface area contributed by atoms with Gasteiger partial charge in [-0.15, -0.1) is 0 Å². The van der Waals surface area contributed by atoms with E-state index in [1.807, 2.05) is 26.0 Å². The molecule has 0 aliphatic heterocycles. The topological polar surface area (TPSA) is 47.6 Å². The molecule has 0 heterocycles. The van der Waals surface area contributed by atoms with E-state index in [1.54, 1.807) is 0 Å². The molecule has 0 saturated carbocycles. The van der Waals surface area contributed by atoms with Gasteiger partial charge in [0.2, 0.25) is 0 Å². The smallest absolute Gasteiger partial charge is 0.0994 e. The highest BCUT2D eigenvalue weighted by Gasteiger charge is 2.10. The van der Waals surface area contributed by atoms with Gasteiger partial charge in [0.15, 0.2) is 0 Å². The maximum atomic E-state index is 9.33. The number of nitrogens with zero attached hydrogens (tertiary/aromatic N) is 2. The van der Waals surface area contributed by atoms with Crippen LogP contribution in [0.2, 0.25) is 0 Å². The maximum Gasteiger partial charge on any atom is 0.0994 e. The Labute approximate surface area is 304 Å². The van der Waals surface area contributed by atoms with Crippen LogP contribution in [0.1, 0.15) is 76.6 Å². The van der Waals surface area contributed by atoms with Crippen LogP contribution in [-0.4, -0.2) is 0 Å². The molecule has 0 N–H and O–H groups in total. The summed E-state index contributed by atoms with van der Waals surface area (Å²) >= 11 is 0. The Morgan fingerprint density at radius 2 is 0.627 bits per heavy atom. The minimum atomic E-state index is 0.748. The van der Waals surface area contributed by atoms with E-state index in [2.05, 4.69) is 135 Å². The standard InChI is InChI=1S/C49H46N2/c1-34-36(3)48(30-28-46(34)32-50)44-24-20-42(21-25-44)40-16-12-38(13-17-40)10-8-6-5-7-9-11-39-14-18-41(19-15-39)43-22-26-45(27-23-43)49-31-29-47(33-51)35(2)37(49)4/h12-31H,5-11H2,1-4H3. The molecule has 0 saturated heterocycles. The summed E-state index contributed by atoms with van der Waals surface area (Å²) in [4.78, 5) is 0. The van der Waals surface area contributed by atoms with Gasteiger partial charge in [-0.05, 0) is 143 Å². The summed E-state index contributed by atoms with van der Waals surface area (Å²) in [5.74, 6) is 0. The highest BCUT2D eigenvalue weighted by Crippen LogP contribution is 2.31. The molecule has 6 aromatic carbocycles. The lowest BCUT2D eigenvalue weighted by Crippen LogP contribution is -1.92. The second-order valence-corrected chi connectivity index (χ2v) is 13.9. The van der Waals surface area contributed by atoms with E-state index in [9.17, 15) is 10.5 Å². The lowest BCUT2D eigenvalue weighted by atomic mass is 9.92. The molecule has 6 rings (SSSR count). The lowest BCUT2D eigenvalue weighted by molar-refractivity contribution is 0.613. The van der Waals surface area contributed by atoms with E-state index >= 15 is 0 Å². The fourth-order valence-corrected chi connectivity index (χ4v) is 7.11. The van der Waals surface area contributed by atoms with Crippen molar-refractivity contribution in [3.8, 4) is 56.6 Å². The van der Waals surface area contributed by atoms with E-state index < -0.39 is 0 Å². The number of rotatable bonds is 12. The normalized spacial score (nSPS) is 10.9. The van der Waals surface area contributed by atoms with Crippen molar-refractivity contribution in [3.63, 3.8) is 0 Å². The van der Waals surface area contributed by atoms with Crippen molar-refractivity contribution < 1.29 is 0 Å². The van der Waals surface area contributed by atoms with Crippen LogP contribution in [0.5, 0.6) is 0 Å². The van der Waals surface area contributed by atoms with Gasteiger partial charge in [0, 0.05) is 0 Å². The van der Waals surface area contributed by atoms with Crippen LogP contribution in [0.15, 0.2) is 121 Å². The van der Waals surface area contributed by atoms with Gasteiger partial charge in [0.05, 0.1) is 23.3 Å². The maximum absolute atomic E-state index is 9.33. The molecule has 0 radical (unpaired) electrons. The van der Waals surface area contributed by atoms with Crippen molar-refractivity contribution in [2.24, 2.45) is 0 Å². The second kappa shape index (κ2) is 16.3. The zero-order valence-electron chi connectivity index (χ0n) is 30.4. The molecular formula is C49H46N2. The zero-order valence-corrected chi connectivity index (χ0v) is 30.4. The van der Waals surface area contributed by atoms with Gasteiger partial charge in [-0.25, -0.2) is 0 Å². The van der Waals surface area contributed by atoms with Crippen LogP contribution in [0, 0.1) is 50.4 Å². The van der Waals surface area contributed by atoms with Crippen molar-refractivity contribution in [2.45, 2.75) is 72.6 Å². The highest BCUT2D eigenvalue weighted by molar-refractivity contribution is 5.75. The van der Waals surface area contributed by atoms with Gasteiger partial charge < -0.3 is 0 Å². The monoisotopic (exact) mass is 662 g/mol. The molecular weight excluding hydrogens is 617 g/mol. The first-order valence-electron chi connectivity index (χ1n) is 18.3. The molecule has 0 aliphatic rings. The number of nitriles is 2. The fourth-order valence-electron chi connectivity index (χ4n) is 7.11. The number of unbranched alkanes of at least 4 members (excludes halogenated alkanes) is 4. The molecule has 0 bridgehead atoms. The minimum absolute atomic E-state index is 0.748. The van der Waals surface area contributed by atoms with Crippen molar-refractivity contribution >= 4 is 0 Å². The number of benzene rings is 6. The Morgan fingerprint density at radius 1 is 0.333 bits per heavy atom. The average molecular weight is 663 g/mol. The van der Waals surface area contributed by atoms with Crippen LogP contribution in [0.25, 0.3) is 44.5 Å². The summed E-state index contributed by atoms with van der Waals surface area (Å²) in [6.07, 6.45) is 8.55. The summed E-state index contributed by atoms with van der Waals surface area (Å²) < 4.78 is 0. The molecule has 0 fully saturated rings. The van der Waals surface area contributed by atoms with Gasteiger partial charge >= 0.3 is 0 Å². The van der Waals surface area contributed by atoms with Gasteiger partial charge in [0.1, 0.15) is 0 Å². The van der Waals surface area contributed by atoms with E-state index in [4.69, 9.17) is 0 Å². The van der Waals surface area contributed by atoms with Gasteiger partial charge in [-0.2, -0.15) is 10.5 Å². The predicted octanol–water partition coefficient (Wildman–Crippen LogP) is 13.1. The van der Waals surface area contributed by atoms with E-state index in [0.717, 1.165) is 35.1 Å². The molecule has 0 spiro atoms. The molecule has 0 unspecified atom stereocenters. The number of hydrogen-bond donors (Lipinski definition) is 0. The molecule has 6 aromatic rings. The fraction of sp³-hybridized carbons (Fsp3) is 0.224. The third-order valence-corrected chi connectivity index (χ3v) is 10.7. The first kappa shape index (κ1) is 35.1. The van der Waals surface area contributed by atoms with Crippen LogP contribution in [-0.2, 0) is 12.8 Å². The van der Waals surface area contributed by atoms with E-state index in [-0.39, 0.29) is 0 Å². The molecule has 0 amide bonds. The van der Waals surface area contributed by atoms with Crippen LogP contribution >= 0.6 is 0 Å². The first-order chi connectivity index (χ1) is 24.9. The van der Waals surface area contributed by atoms with Crippen LogP contribution in [0.3, 0.4) is 0 Å². The molecule has 0 aromatic heterocycles. The Hall–Kier alpha value is -5.70. The zero-order chi connectivity index (χ0) is 35.7. The molecule has 2 nitrogen and oxygen atoms in total. The Bertz CT molecular complexity index is 2030.